The summed E-state index contributed by atoms with van der Waals surface area (Å²) in [6, 6.07) is 18.2. The molecule has 2 aromatic carbocycles. The molecule has 0 aliphatic carbocycles. The number of aliphatic hydroxyl groups is 1. The van der Waals surface area contributed by atoms with Crippen LogP contribution in [0.5, 0.6) is 0 Å². The van der Waals surface area contributed by atoms with Crippen LogP contribution in [0.1, 0.15) is 5.56 Å². The SMILES string of the molecule is O=C(O)C(O)(C=[P+]([O-])CSc1ccccc1)Cc1ccccc1. The van der Waals surface area contributed by atoms with Crippen molar-refractivity contribution in [2.45, 2.75) is 16.9 Å². The average Bonchev–Trinajstić information content (AvgIpc) is 2.54. The van der Waals surface area contributed by atoms with Gasteiger partial charge in [0.1, 0.15) is 5.80 Å². The van der Waals surface area contributed by atoms with Crippen molar-refractivity contribution in [3.8, 4) is 0 Å². The van der Waals surface area contributed by atoms with E-state index in [0.717, 1.165) is 10.7 Å². The van der Waals surface area contributed by atoms with E-state index in [4.69, 9.17) is 0 Å². The van der Waals surface area contributed by atoms with Crippen molar-refractivity contribution in [1.82, 2.24) is 0 Å². The third-order valence-corrected chi connectivity index (χ3v) is 6.00. The van der Waals surface area contributed by atoms with Crippen LogP contribution >= 0.6 is 19.5 Å². The Labute approximate surface area is 140 Å². The highest BCUT2D eigenvalue weighted by atomic mass is 32.2. The van der Waals surface area contributed by atoms with Gasteiger partial charge in [-0.2, -0.15) is 0 Å². The lowest BCUT2D eigenvalue weighted by molar-refractivity contribution is -0.155. The lowest BCUT2D eigenvalue weighted by Gasteiger charge is -2.18. The molecule has 23 heavy (non-hydrogen) atoms. The predicted molar refractivity (Wildman–Crippen MR) is 92.9 cm³/mol. The summed E-state index contributed by atoms with van der Waals surface area (Å²) in [6.07, 6.45) is -0.111. The smallest absolute Gasteiger partial charge is 0.344 e. The second-order valence-corrected chi connectivity index (χ2v) is 7.91. The Balaban J connectivity index is 2.09. The standard InChI is InChI=1S/C17H17O4PS/c18-16(19)17(20,11-14-7-3-1-4-8-14)12-22(21)13-23-15-9-5-2-6-10-15/h1-10,12,20H,11,13H2,(H,18,19). The van der Waals surface area contributed by atoms with E-state index in [9.17, 15) is 19.9 Å². The molecule has 0 amide bonds. The molecule has 0 aliphatic heterocycles. The van der Waals surface area contributed by atoms with Crippen LogP contribution in [0.3, 0.4) is 0 Å². The van der Waals surface area contributed by atoms with Crippen molar-refractivity contribution >= 4 is 31.3 Å². The Morgan fingerprint density at radius 3 is 2.26 bits per heavy atom. The van der Waals surface area contributed by atoms with Gasteiger partial charge in [-0.05, 0) is 17.7 Å². The fraction of sp³-hybridized carbons (Fsp3) is 0.176. The summed E-state index contributed by atoms with van der Waals surface area (Å²) in [4.78, 5) is 24.5. The first-order valence-electron chi connectivity index (χ1n) is 6.97. The molecule has 0 saturated heterocycles. The van der Waals surface area contributed by atoms with E-state index in [1.165, 1.54) is 11.8 Å². The first-order chi connectivity index (χ1) is 11.0. The van der Waals surface area contributed by atoms with Crippen LogP contribution in [-0.4, -0.2) is 33.1 Å². The van der Waals surface area contributed by atoms with Crippen molar-refractivity contribution < 1.29 is 19.9 Å². The lowest BCUT2D eigenvalue weighted by atomic mass is 9.97. The Bertz CT molecular complexity index is 676. The maximum atomic E-state index is 12.2. The minimum Gasteiger partial charge on any atom is -0.630 e. The minimum atomic E-state index is -2.13. The molecular weight excluding hydrogens is 331 g/mol. The normalized spacial score (nSPS) is 14.3. The summed E-state index contributed by atoms with van der Waals surface area (Å²) in [5.74, 6) is -0.345. The molecule has 120 valence electrons. The van der Waals surface area contributed by atoms with Crippen molar-refractivity contribution in [2.75, 3.05) is 5.49 Å². The van der Waals surface area contributed by atoms with Gasteiger partial charge in [-0.3, -0.25) is 0 Å². The third-order valence-electron chi connectivity index (χ3n) is 3.15. The number of aliphatic carboxylic acids is 1. The molecule has 2 rings (SSSR count). The quantitative estimate of drug-likeness (QED) is 0.593. The van der Waals surface area contributed by atoms with Gasteiger partial charge in [0.25, 0.3) is 0 Å². The van der Waals surface area contributed by atoms with Crippen LogP contribution < -0.4 is 4.89 Å². The van der Waals surface area contributed by atoms with E-state index in [0.29, 0.717) is 5.56 Å². The number of hydrogen-bond acceptors (Lipinski definition) is 4. The Morgan fingerprint density at radius 1 is 1.13 bits per heavy atom. The summed E-state index contributed by atoms with van der Waals surface area (Å²) in [5.41, 5.74) is -1.23. The lowest BCUT2D eigenvalue weighted by Crippen LogP contribution is -2.42. The monoisotopic (exact) mass is 348 g/mol. The van der Waals surface area contributed by atoms with Gasteiger partial charge in [-0.1, -0.05) is 60.3 Å². The van der Waals surface area contributed by atoms with Crippen molar-refractivity contribution in [3.63, 3.8) is 0 Å². The zero-order valence-electron chi connectivity index (χ0n) is 12.3. The zero-order valence-corrected chi connectivity index (χ0v) is 14.0. The fourth-order valence-corrected chi connectivity index (χ4v) is 4.45. The van der Waals surface area contributed by atoms with E-state index in [-0.39, 0.29) is 11.9 Å². The predicted octanol–water partition coefficient (Wildman–Crippen LogP) is 2.35. The van der Waals surface area contributed by atoms with Crippen LogP contribution in [0, 0.1) is 0 Å². The number of carbonyl (C=O) groups is 1. The second-order valence-electron chi connectivity index (χ2n) is 5.02. The molecule has 0 aliphatic rings. The highest BCUT2D eigenvalue weighted by Crippen LogP contribution is 2.28. The largest absolute Gasteiger partial charge is 0.630 e. The molecule has 2 atom stereocenters. The molecular formula is C17H17O4PS. The highest BCUT2D eigenvalue weighted by molar-refractivity contribution is 8.04. The molecule has 4 nitrogen and oxygen atoms in total. The summed E-state index contributed by atoms with van der Waals surface area (Å²) >= 11 is 1.37. The molecule has 2 unspecified atom stereocenters. The number of benzene rings is 2. The Kier molecular flexibility index (Phi) is 6.37. The molecule has 0 spiro atoms. The maximum Gasteiger partial charge on any atom is 0.344 e. The van der Waals surface area contributed by atoms with Crippen molar-refractivity contribution in [1.29, 1.82) is 0 Å². The summed E-state index contributed by atoms with van der Waals surface area (Å²) in [6.45, 7) is 0. The van der Waals surface area contributed by atoms with Crippen molar-refractivity contribution in [3.05, 3.63) is 66.2 Å². The van der Waals surface area contributed by atoms with Crippen LogP contribution in [0.25, 0.3) is 0 Å². The summed E-state index contributed by atoms with van der Waals surface area (Å²) in [7, 11) is -1.96. The van der Waals surface area contributed by atoms with Crippen LogP contribution in [0.15, 0.2) is 65.6 Å². The van der Waals surface area contributed by atoms with Gasteiger partial charge in [-0.15, -0.1) is 0 Å². The number of hydrogen-bond donors (Lipinski definition) is 2. The van der Waals surface area contributed by atoms with Crippen LogP contribution in [0.2, 0.25) is 0 Å². The fourth-order valence-electron chi connectivity index (χ4n) is 2.01. The van der Waals surface area contributed by atoms with Gasteiger partial charge in [0.2, 0.25) is 5.60 Å². The first kappa shape index (κ1) is 17.7. The molecule has 2 aromatic rings. The number of thioether (sulfide) groups is 1. The van der Waals surface area contributed by atoms with E-state index in [1.807, 2.05) is 36.4 Å². The highest BCUT2D eigenvalue weighted by Gasteiger charge is 2.37. The van der Waals surface area contributed by atoms with Crippen molar-refractivity contribution in [2.24, 2.45) is 0 Å². The molecule has 0 fully saturated rings. The van der Waals surface area contributed by atoms with Gasteiger partial charge < -0.3 is 15.1 Å². The molecule has 0 aromatic heterocycles. The topological polar surface area (TPSA) is 80.6 Å². The third kappa shape index (κ3) is 5.48. The second kappa shape index (κ2) is 8.27. The Hall–Kier alpha value is -1.65. The summed E-state index contributed by atoms with van der Waals surface area (Å²) < 4.78 is 0. The molecule has 0 bridgehead atoms. The van der Waals surface area contributed by atoms with E-state index < -0.39 is 19.3 Å². The van der Waals surface area contributed by atoms with Gasteiger partial charge in [0, 0.05) is 11.3 Å². The van der Waals surface area contributed by atoms with E-state index in [1.54, 1.807) is 24.3 Å². The minimum absolute atomic E-state index is 0.111. The van der Waals surface area contributed by atoms with Gasteiger partial charge in [0.15, 0.2) is 5.49 Å². The number of rotatable bonds is 7. The van der Waals surface area contributed by atoms with Gasteiger partial charge >= 0.3 is 5.97 Å². The molecule has 0 radical (unpaired) electrons. The number of carboxylic acids is 1. The van der Waals surface area contributed by atoms with E-state index >= 15 is 0 Å². The first-order valence-corrected chi connectivity index (χ1v) is 9.47. The summed E-state index contributed by atoms with van der Waals surface area (Å²) in [5, 5.41) is 19.7. The van der Waals surface area contributed by atoms with Gasteiger partial charge in [-0.25, -0.2) is 4.79 Å². The van der Waals surface area contributed by atoms with Crippen LogP contribution in [-0.2, 0) is 11.2 Å². The molecule has 6 heteroatoms. The molecule has 0 saturated carbocycles. The molecule has 0 heterocycles. The molecule has 2 N–H and O–H groups in total. The number of carboxylic acid groups (broad SMARTS) is 1. The maximum absolute atomic E-state index is 12.2. The zero-order chi connectivity index (χ0) is 16.7. The van der Waals surface area contributed by atoms with E-state index in [2.05, 4.69) is 0 Å². The Morgan fingerprint density at radius 2 is 1.70 bits per heavy atom. The van der Waals surface area contributed by atoms with Crippen LogP contribution in [0.4, 0.5) is 0 Å². The average molecular weight is 348 g/mol. The van der Waals surface area contributed by atoms with Gasteiger partial charge in [0.05, 0.1) is 7.77 Å².